The molecular formula is C18H16N4O3S2. The Kier molecular flexibility index (Phi) is 5.23. The Balaban J connectivity index is 1.80. The Bertz CT molecular complexity index is 1100. The molecule has 0 unspecified atom stereocenters. The van der Waals surface area contributed by atoms with E-state index in [4.69, 9.17) is 0 Å². The lowest BCUT2D eigenvalue weighted by atomic mass is 10.1. The van der Waals surface area contributed by atoms with Gasteiger partial charge in [-0.2, -0.15) is 5.26 Å². The summed E-state index contributed by atoms with van der Waals surface area (Å²) in [5.41, 5.74) is 1.14. The molecule has 3 aromatic rings. The van der Waals surface area contributed by atoms with Crippen LogP contribution in [0.4, 0.5) is 5.69 Å². The highest BCUT2D eigenvalue weighted by atomic mass is 32.2. The van der Waals surface area contributed by atoms with Gasteiger partial charge in [-0.25, -0.2) is 17.7 Å². The van der Waals surface area contributed by atoms with E-state index in [0.717, 1.165) is 14.5 Å². The monoisotopic (exact) mass is 400 g/mol. The van der Waals surface area contributed by atoms with Crippen LogP contribution in [0.3, 0.4) is 0 Å². The lowest BCUT2D eigenvalue weighted by Crippen LogP contribution is -2.22. The highest BCUT2D eigenvalue weighted by Gasteiger charge is 2.24. The van der Waals surface area contributed by atoms with Crippen molar-refractivity contribution in [1.29, 1.82) is 5.26 Å². The minimum absolute atomic E-state index is 0.119. The summed E-state index contributed by atoms with van der Waals surface area (Å²) in [6.07, 6.45) is 0. The van der Waals surface area contributed by atoms with E-state index in [2.05, 4.69) is 10.3 Å². The van der Waals surface area contributed by atoms with Crippen molar-refractivity contribution in [1.82, 2.24) is 9.29 Å². The number of carbonyl (C=O) groups is 1. The quantitative estimate of drug-likeness (QED) is 0.709. The Hall–Kier alpha value is -2.80. The molecular weight excluding hydrogens is 384 g/mol. The van der Waals surface area contributed by atoms with Crippen molar-refractivity contribution in [2.75, 3.05) is 19.4 Å². The number of benzene rings is 2. The third-order valence-electron chi connectivity index (χ3n) is 3.85. The summed E-state index contributed by atoms with van der Waals surface area (Å²) in [6.45, 7) is 0. The molecule has 0 bridgehead atoms. The Morgan fingerprint density at radius 1 is 1.19 bits per heavy atom. The number of amides is 1. The predicted molar refractivity (Wildman–Crippen MR) is 104 cm³/mol. The normalized spacial score (nSPS) is 12.7. The SMILES string of the molecule is CN(C)S(=O)(=O)c1ccc(NC(=O)[C@H](C#N)c2nc3ccccc3s2)cc1. The van der Waals surface area contributed by atoms with Crippen LogP contribution in [0.5, 0.6) is 0 Å². The van der Waals surface area contributed by atoms with E-state index < -0.39 is 21.8 Å². The second kappa shape index (κ2) is 7.44. The topological polar surface area (TPSA) is 103 Å². The van der Waals surface area contributed by atoms with E-state index in [0.29, 0.717) is 10.7 Å². The molecule has 0 radical (unpaired) electrons. The number of nitriles is 1. The molecule has 1 amide bonds. The number of carbonyl (C=O) groups excluding carboxylic acids is 1. The number of thiazole rings is 1. The molecule has 1 N–H and O–H groups in total. The Morgan fingerprint density at radius 2 is 1.85 bits per heavy atom. The Morgan fingerprint density at radius 3 is 2.44 bits per heavy atom. The van der Waals surface area contributed by atoms with E-state index in [1.54, 1.807) is 0 Å². The minimum Gasteiger partial charge on any atom is -0.325 e. The lowest BCUT2D eigenvalue weighted by molar-refractivity contribution is -0.116. The number of aromatic nitrogens is 1. The average molecular weight is 400 g/mol. The first-order chi connectivity index (χ1) is 12.8. The standard InChI is InChI=1S/C18H16N4O3S2/c1-22(2)27(24,25)13-9-7-12(8-10-13)20-17(23)14(11-19)18-21-15-5-3-4-6-16(15)26-18/h3-10,14H,1-2H3,(H,20,23)/t14-/m0/s1. The molecule has 0 saturated heterocycles. The number of hydrogen-bond donors (Lipinski definition) is 1. The summed E-state index contributed by atoms with van der Waals surface area (Å²) in [5, 5.41) is 12.5. The van der Waals surface area contributed by atoms with E-state index in [9.17, 15) is 18.5 Å². The van der Waals surface area contributed by atoms with Gasteiger partial charge in [-0.1, -0.05) is 12.1 Å². The smallest absolute Gasteiger partial charge is 0.248 e. The number of hydrogen-bond acceptors (Lipinski definition) is 6. The molecule has 0 fully saturated rings. The van der Waals surface area contributed by atoms with Crippen LogP contribution in [-0.4, -0.2) is 37.7 Å². The molecule has 0 saturated carbocycles. The molecule has 3 rings (SSSR count). The number of fused-ring (bicyclic) bond motifs is 1. The molecule has 2 aromatic carbocycles. The first kappa shape index (κ1) is 19.0. The zero-order chi connectivity index (χ0) is 19.6. The third kappa shape index (κ3) is 3.83. The Labute approximate surface area is 160 Å². The summed E-state index contributed by atoms with van der Waals surface area (Å²) in [6, 6.07) is 15.2. The molecule has 0 aliphatic heterocycles. The molecule has 1 aromatic heterocycles. The van der Waals surface area contributed by atoms with E-state index >= 15 is 0 Å². The molecule has 0 aliphatic carbocycles. The van der Waals surface area contributed by atoms with Gasteiger partial charge in [0.15, 0.2) is 5.92 Å². The van der Waals surface area contributed by atoms with Crippen molar-refractivity contribution in [3.63, 3.8) is 0 Å². The van der Waals surface area contributed by atoms with Crippen molar-refractivity contribution in [3.8, 4) is 6.07 Å². The maximum absolute atomic E-state index is 12.5. The molecule has 138 valence electrons. The van der Waals surface area contributed by atoms with Crippen molar-refractivity contribution in [3.05, 3.63) is 53.5 Å². The van der Waals surface area contributed by atoms with Crippen molar-refractivity contribution in [2.24, 2.45) is 0 Å². The average Bonchev–Trinajstić information content (AvgIpc) is 3.06. The van der Waals surface area contributed by atoms with Crippen LogP contribution in [0.1, 0.15) is 10.9 Å². The number of anilines is 1. The molecule has 7 nitrogen and oxygen atoms in total. The van der Waals surface area contributed by atoms with Gasteiger partial charge in [0.2, 0.25) is 15.9 Å². The first-order valence-corrected chi connectivity index (χ1v) is 10.2. The van der Waals surface area contributed by atoms with Crippen LogP contribution in [0, 0.1) is 11.3 Å². The molecule has 0 spiro atoms. The van der Waals surface area contributed by atoms with Gasteiger partial charge in [0.05, 0.1) is 21.2 Å². The summed E-state index contributed by atoms with van der Waals surface area (Å²) in [4.78, 5) is 17.0. The number of sulfonamides is 1. The summed E-state index contributed by atoms with van der Waals surface area (Å²) in [7, 11) is -0.651. The van der Waals surface area contributed by atoms with Gasteiger partial charge in [0, 0.05) is 19.8 Å². The maximum atomic E-state index is 12.5. The van der Waals surface area contributed by atoms with Crippen molar-refractivity contribution in [2.45, 2.75) is 10.8 Å². The van der Waals surface area contributed by atoms with Crippen molar-refractivity contribution < 1.29 is 13.2 Å². The van der Waals surface area contributed by atoms with Gasteiger partial charge in [0.1, 0.15) is 5.01 Å². The van der Waals surface area contributed by atoms with Crippen molar-refractivity contribution >= 4 is 43.2 Å². The zero-order valence-corrected chi connectivity index (χ0v) is 16.2. The van der Waals surface area contributed by atoms with E-state index in [1.807, 2.05) is 30.3 Å². The second-order valence-electron chi connectivity index (χ2n) is 5.88. The van der Waals surface area contributed by atoms with Crippen LogP contribution in [0.15, 0.2) is 53.4 Å². The molecule has 1 heterocycles. The van der Waals surface area contributed by atoms with Gasteiger partial charge in [-0.15, -0.1) is 11.3 Å². The fourth-order valence-electron chi connectivity index (χ4n) is 2.37. The second-order valence-corrected chi connectivity index (χ2v) is 9.10. The third-order valence-corrected chi connectivity index (χ3v) is 6.78. The highest BCUT2D eigenvalue weighted by Crippen LogP contribution is 2.28. The minimum atomic E-state index is -3.54. The van der Waals surface area contributed by atoms with E-state index in [1.165, 1.54) is 49.7 Å². The maximum Gasteiger partial charge on any atom is 0.248 e. The fraction of sp³-hybridized carbons (Fsp3) is 0.167. The lowest BCUT2D eigenvalue weighted by Gasteiger charge is -2.12. The number of rotatable bonds is 5. The molecule has 0 aliphatic rings. The fourth-order valence-corrected chi connectivity index (χ4v) is 4.29. The van der Waals surface area contributed by atoms with Crippen LogP contribution in [0.25, 0.3) is 10.2 Å². The van der Waals surface area contributed by atoms with Crippen LogP contribution in [0.2, 0.25) is 0 Å². The zero-order valence-electron chi connectivity index (χ0n) is 14.6. The number of nitrogens with one attached hydrogen (secondary N) is 1. The first-order valence-electron chi connectivity index (χ1n) is 7.91. The van der Waals surface area contributed by atoms with Crippen LogP contribution < -0.4 is 5.32 Å². The summed E-state index contributed by atoms with van der Waals surface area (Å²) < 4.78 is 26.2. The molecule has 27 heavy (non-hydrogen) atoms. The van der Waals surface area contributed by atoms with Gasteiger partial charge in [-0.05, 0) is 36.4 Å². The highest BCUT2D eigenvalue weighted by molar-refractivity contribution is 7.89. The van der Waals surface area contributed by atoms with Gasteiger partial charge in [0.25, 0.3) is 0 Å². The number of nitrogens with zero attached hydrogens (tertiary/aromatic N) is 3. The number of para-hydroxylation sites is 1. The molecule has 1 atom stereocenters. The summed E-state index contributed by atoms with van der Waals surface area (Å²) in [5.74, 6) is -1.56. The van der Waals surface area contributed by atoms with Crippen LogP contribution in [-0.2, 0) is 14.8 Å². The van der Waals surface area contributed by atoms with Crippen LogP contribution >= 0.6 is 11.3 Å². The van der Waals surface area contributed by atoms with Gasteiger partial charge in [-0.3, -0.25) is 4.79 Å². The van der Waals surface area contributed by atoms with E-state index in [-0.39, 0.29) is 4.90 Å². The summed E-state index contributed by atoms with van der Waals surface area (Å²) >= 11 is 1.30. The van der Waals surface area contributed by atoms with Gasteiger partial charge < -0.3 is 5.32 Å². The molecule has 9 heteroatoms. The largest absolute Gasteiger partial charge is 0.325 e. The predicted octanol–water partition coefficient (Wildman–Crippen LogP) is 2.79. The van der Waals surface area contributed by atoms with Gasteiger partial charge >= 0.3 is 0 Å².